The van der Waals surface area contributed by atoms with E-state index in [9.17, 15) is 9.59 Å². The van der Waals surface area contributed by atoms with Gasteiger partial charge in [-0.2, -0.15) is 0 Å². The molecule has 25 heavy (non-hydrogen) atoms. The van der Waals surface area contributed by atoms with Gasteiger partial charge in [-0.25, -0.2) is 4.79 Å². The average Bonchev–Trinajstić information content (AvgIpc) is 2.68. The molecule has 1 atom stereocenters. The molecule has 2 heterocycles. The summed E-state index contributed by atoms with van der Waals surface area (Å²) >= 11 is 0. The van der Waals surface area contributed by atoms with E-state index in [0.29, 0.717) is 31.7 Å². The number of methoxy groups -OCH3 is 1. The monoisotopic (exact) mass is 347 g/mol. The lowest BCUT2D eigenvalue weighted by Gasteiger charge is -2.37. The highest BCUT2D eigenvalue weighted by Crippen LogP contribution is 2.18. The van der Waals surface area contributed by atoms with Crippen molar-refractivity contribution in [2.24, 2.45) is 0 Å². The van der Waals surface area contributed by atoms with Gasteiger partial charge >= 0.3 is 5.97 Å². The summed E-state index contributed by atoms with van der Waals surface area (Å²) in [6.07, 6.45) is 0.494. The highest BCUT2D eigenvalue weighted by molar-refractivity contribution is 5.89. The number of ether oxygens (including phenoxy) is 2. The number of hydrogen-bond donors (Lipinski definition) is 1. The van der Waals surface area contributed by atoms with E-state index in [1.54, 1.807) is 12.1 Å². The number of morpholine rings is 1. The van der Waals surface area contributed by atoms with Gasteiger partial charge in [-0.1, -0.05) is 0 Å². The lowest BCUT2D eigenvalue weighted by molar-refractivity contribution is -0.132. The van der Waals surface area contributed by atoms with Crippen molar-refractivity contribution in [1.82, 2.24) is 10.2 Å². The SMILES string of the molecule is COC(=O)c1ccc(N2CCN(C(=O)CC3COCCN3)CC2)cc1. The largest absolute Gasteiger partial charge is 0.465 e. The van der Waals surface area contributed by atoms with Gasteiger partial charge in [-0.05, 0) is 24.3 Å². The third kappa shape index (κ3) is 4.49. The van der Waals surface area contributed by atoms with E-state index < -0.39 is 0 Å². The molecular formula is C18H25N3O4. The van der Waals surface area contributed by atoms with E-state index in [0.717, 1.165) is 31.9 Å². The Labute approximate surface area is 147 Å². The molecule has 1 aromatic carbocycles. The van der Waals surface area contributed by atoms with Crippen LogP contribution < -0.4 is 10.2 Å². The van der Waals surface area contributed by atoms with Crippen LogP contribution in [0.2, 0.25) is 0 Å². The van der Waals surface area contributed by atoms with Gasteiger partial charge in [0, 0.05) is 50.9 Å². The summed E-state index contributed by atoms with van der Waals surface area (Å²) in [7, 11) is 1.38. The Morgan fingerprint density at radius 3 is 2.52 bits per heavy atom. The Morgan fingerprint density at radius 1 is 1.20 bits per heavy atom. The van der Waals surface area contributed by atoms with Crippen LogP contribution in [-0.2, 0) is 14.3 Å². The van der Waals surface area contributed by atoms with Crippen LogP contribution in [0.25, 0.3) is 0 Å². The van der Waals surface area contributed by atoms with Crippen molar-refractivity contribution >= 4 is 17.6 Å². The standard InChI is InChI=1S/C18H25N3O4/c1-24-18(23)14-2-4-16(5-3-14)20-7-9-21(10-8-20)17(22)12-15-13-25-11-6-19-15/h2-5,15,19H,6-13H2,1H3. The molecule has 1 aromatic rings. The predicted molar refractivity (Wildman–Crippen MR) is 93.8 cm³/mol. The first kappa shape index (κ1) is 17.7. The van der Waals surface area contributed by atoms with Crippen LogP contribution in [0.4, 0.5) is 5.69 Å². The zero-order chi connectivity index (χ0) is 17.6. The van der Waals surface area contributed by atoms with Gasteiger partial charge in [0.1, 0.15) is 0 Å². The number of carbonyl (C=O) groups is 2. The molecular weight excluding hydrogens is 322 g/mol. The number of esters is 1. The molecule has 7 heteroatoms. The molecule has 3 rings (SSSR count). The van der Waals surface area contributed by atoms with Crippen LogP contribution in [-0.4, -0.2) is 75.9 Å². The first-order chi connectivity index (χ1) is 12.2. The molecule has 0 aromatic heterocycles. The number of rotatable bonds is 4. The summed E-state index contributed by atoms with van der Waals surface area (Å²) in [5.74, 6) is -0.147. The van der Waals surface area contributed by atoms with Crippen LogP contribution in [0, 0.1) is 0 Å². The van der Waals surface area contributed by atoms with Crippen molar-refractivity contribution < 1.29 is 19.1 Å². The summed E-state index contributed by atoms with van der Waals surface area (Å²) in [5, 5.41) is 3.32. The number of piperazine rings is 1. The lowest BCUT2D eigenvalue weighted by Crippen LogP contribution is -2.51. The molecule has 0 radical (unpaired) electrons. The minimum absolute atomic E-state index is 0.130. The maximum Gasteiger partial charge on any atom is 0.337 e. The number of anilines is 1. The maximum atomic E-state index is 12.4. The van der Waals surface area contributed by atoms with Gasteiger partial charge in [0.25, 0.3) is 0 Å². The second-order valence-electron chi connectivity index (χ2n) is 6.34. The quantitative estimate of drug-likeness (QED) is 0.800. The summed E-state index contributed by atoms with van der Waals surface area (Å²) in [4.78, 5) is 28.1. The van der Waals surface area contributed by atoms with Crippen molar-refractivity contribution in [2.75, 3.05) is 57.9 Å². The Bertz CT molecular complexity index is 591. The summed E-state index contributed by atoms with van der Waals surface area (Å²) in [5.41, 5.74) is 1.60. The van der Waals surface area contributed by atoms with Gasteiger partial charge in [-0.15, -0.1) is 0 Å². The van der Waals surface area contributed by atoms with E-state index in [2.05, 4.69) is 10.2 Å². The number of nitrogens with zero attached hydrogens (tertiary/aromatic N) is 2. The molecule has 1 N–H and O–H groups in total. The third-order valence-electron chi connectivity index (χ3n) is 4.71. The zero-order valence-corrected chi connectivity index (χ0v) is 14.6. The molecule has 2 fully saturated rings. The van der Waals surface area contributed by atoms with Crippen molar-refractivity contribution in [3.63, 3.8) is 0 Å². The zero-order valence-electron chi connectivity index (χ0n) is 14.6. The van der Waals surface area contributed by atoms with Crippen LogP contribution in [0.15, 0.2) is 24.3 Å². The van der Waals surface area contributed by atoms with Crippen molar-refractivity contribution in [3.05, 3.63) is 29.8 Å². The third-order valence-corrected chi connectivity index (χ3v) is 4.71. The van der Waals surface area contributed by atoms with Crippen LogP contribution >= 0.6 is 0 Å². The Kier molecular flexibility index (Phi) is 5.88. The molecule has 0 aliphatic carbocycles. The molecule has 7 nitrogen and oxygen atoms in total. The molecule has 2 aliphatic rings. The Hall–Kier alpha value is -2.12. The van der Waals surface area contributed by atoms with Gasteiger partial charge in [0.05, 0.1) is 25.9 Å². The molecule has 2 saturated heterocycles. The minimum Gasteiger partial charge on any atom is -0.465 e. The Morgan fingerprint density at radius 2 is 1.92 bits per heavy atom. The number of benzene rings is 1. The normalized spacial score (nSPS) is 21.1. The molecule has 2 aliphatic heterocycles. The topological polar surface area (TPSA) is 71.1 Å². The molecule has 0 saturated carbocycles. The fraction of sp³-hybridized carbons (Fsp3) is 0.556. The summed E-state index contributed by atoms with van der Waals surface area (Å²) in [6.45, 7) is 5.15. The fourth-order valence-electron chi connectivity index (χ4n) is 3.23. The first-order valence-electron chi connectivity index (χ1n) is 8.69. The number of nitrogens with one attached hydrogen (secondary N) is 1. The molecule has 136 valence electrons. The van der Waals surface area contributed by atoms with Crippen molar-refractivity contribution in [1.29, 1.82) is 0 Å². The van der Waals surface area contributed by atoms with Gasteiger partial charge < -0.3 is 24.6 Å². The second kappa shape index (κ2) is 8.31. The number of carbonyl (C=O) groups excluding carboxylic acids is 2. The minimum atomic E-state index is -0.331. The highest BCUT2D eigenvalue weighted by atomic mass is 16.5. The lowest BCUT2D eigenvalue weighted by atomic mass is 10.1. The number of amides is 1. The predicted octanol–water partition coefficient (Wildman–Crippen LogP) is 0.500. The first-order valence-corrected chi connectivity index (χ1v) is 8.69. The van der Waals surface area contributed by atoms with Crippen LogP contribution in [0.5, 0.6) is 0 Å². The van der Waals surface area contributed by atoms with Gasteiger partial charge in [0.2, 0.25) is 5.91 Å². The number of hydrogen-bond acceptors (Lipinski definition) is 6. The molecule has 1 amide bonds. The van der Waals surface area contributed by atoms with E-state index in [-0.39, 0.29) is 17.9 Å². The Balaban J connectivity index is 1.49. The molecule has 1 unspecified atom stereocenters. The summed E-state index contributed by atoms with van der Waals surface area (Å²) < 4.78 is 10.1. The molecule has 0 bridgehead atoms. The maximum absolute atomic E-state index is 12.4. The van der Waals surface area contributed by atoms with E-state index in [1.807, 2.05) is 17.0 Å². The van der Waals surface area contributed by atoms with Crippen molar-refractivity contribution in [3.8, 4) is 0 Å². The second-order valence-corrected chi connectivity index (χ2v) is 6.34. The van der Waals surface area contributed by atoms with E-state index >= 15 is 0 Å². The van der Waals surface area contributed by atoms with Crippen molar-refractivity contribution in [2.45, 2.75) is 12.5 Å². The highest BCUT2D eigenvalue weighted by Gasteiger charge is 2.24. The van der Waals surface area contributed by atoms with Crippen LogP contribution in [0.1, 0.15) is 16.8 Å². The molecule has 0 spiro atoms. The fourth-order valence-corrected chi connectivity index (χ4v) is 3.23. The van der Waals surface area contributed by atoms with E-state index in [4.69, 9.17) is 9.47 Å². The summed E-state index contributed by atoms with van der Waals surface area (Å²) in [6, 6.07) is 7.52. The van der Waals surface area contributed by atoms with Gasteiger partial charge in [0.15, 0.2) is 0 Å². The smallest absolute Gasteiger partial charge is 0.337 e. The van der Waals surface area contributed by atoms with Gasteiger partial charge in [-0.3, -0.25) is 4.79 Å². The van der Waals surface area contributed by atoms with Crippen LogP contribution in [0.3, 0.4) is 0 Å². The average molecular weight is 347 g/mol. The van der Waals surface area contributed by atoms with E-state index in [1.165, 1.54) is 7.11 Å².